The smallest absolute Gasteiger partial charge is 0.408 e. The van der Waals surface area contributed by atoms with Gasteiger partial charge in [0.1, 0.15) is 11.3 Å². The predicted octanol–water partition coefficient (Wildman–Crippen LogP) is 0.903. The largest absolute Gasteiger partial charge is 0.497 e. The Bertz CT molecular complexity index is 437. The lowest BCUT2D eigenvalue weighted by molar-refractivity contribution is -0.126. The molecule has 2 rings (SSSR count). The van der Waals surface area contributed by atoms with Gasteiger partial charge in [0.25, 0.3) is 0 Å². The maximum absolute atomic E-state index is 11.4. The van der Waals surface area contributed by atoms with Gasteiger partial charge in [-0.2, -0.15) is 0 Å². The van der Waals surface area contributed by atoms with E-state index in [1.165, 1.54) is 4.90 Å². The molecule has 1 saturated heterocycles. The van der Waals surface area contributed by atoms with Crippen LogP contribution in [0, 0.1) is 0 Å². The van der Waals surface area contributed by atoms with Crippen molar-refractivity contribution in [2.75, 3.05) is 26.9 Å². The number of nitrogens with two attached hydrogens (primary N) is 1. The zero-order valence-corrected chi connectivity index (χ0v) is 10.8. The van der Waals surface area contributed by atoms with Crippen LogP contribution in [0.2, 0.25) is 0 Å². The lowest BCUT2D eigenvalue weighted by Gasteiger charge is -2.47. The molecular formula is C13H18N2O4. The minimum Gasteiger partial charge on any atom is -0.497 e. The number of rotatable bonds is 5. The molecule has 0 atom stereocenters. The van der Waals surface area contributed by atoms with Gasteiger partial charge in [-0.15, -0.1) is 0 Å². The van der Waals surface area contributed by atoms with Gasteiger partial charge in [-0.05, 0) is 17.7 Å². The predicted molar refractivity (Wildman–Crippen MR) is 69.2 cm³/mol. The van der Waals surface area contributed by atoms with Crippen LogP contribution in [0.15, 0.2) is 24.3 Å². The standard InChI is InChI=1S/C13H18N2O4/c1-18-11-4-2-10(3-5-11)6-15(12(16)17)13(7-14)8-19-9-13/h2-5H,6-9,14H2,1H3,(H,16,17). The summed E-state index contributed by atoms with van der Waals surface area (Å²) in [6.45, 7) is 1.26. The minimum atomic E-state index is -0.982. The Morgan fingerprint density at radius 3 is 2.47 bits per heavy atom. The van der Waals surface area contributed by atoms with Crippen LogP contribution < -0.4 is 10.5 Å². The van der Waals surface area contributed by atoms with E-state index in [0.29, 0.717) is 19.8 Å². The second kappa shape index (κ2) is 5.46. The van der Waals surface area contributed by atoms with E-state index in [2.05, 4.69) is 0 Å². The van der Waals surface area contributed by atoms with E-state index < -0.39 is 11.6 Å². The minimum absolute atomic E-state index is 0.259. The van der Waals surface area contributed by atoms with Gasteiger partial charge in [-0.25, -0.2) is 4.79 Å². The van der Waals surface area contributed by atoms with E-state index in [1.54, 1.807) is 7.11 Å². The van der Waals surface area contributed by atoms with Crippen molar-refractivity contribution in [1.82, 2.24) is 4.90 Å². The number of amides is 1. The molecule has 1 amide bonds. The first-order valence-electron chi connectivity index (χ1n) is 6.02. The number of ether oxygens (including phenoxy) is 2. The summed E-state index contributed by atoms with van der Waals surface area (Å²) < 4.78 is 10.2. The Kier molecular flexibility index (Phi) is 3.92. The molecule has 19 heavy (non-hydrogen) atoms. The average Bonchev–Trinajstić information content (AvgIpc) is 2.37. The van der Waals surface area contributed by atoms with Crippen LogP contribution in [0.3, 0.4) is 0 Å². The van der Waals surface area contributed by atoms with Crippen molar-refractivity contribution < 1.29 is 19.4 Å². The van der Waals surface area contributed by atoms with Crippen LogP contribution in [0.4, 0.5) is 4.79 Å². The van der Waals surface area contributed by atoms with E-state index in [-0.39, 0.29) is 6.54 Å². The van der Waals surface area contributed by atoms with Gasteiger partial charge in [0.15, 0.2) is 0 Å². The fraction of sp³-hybridized carbons (Fsp3) is 0.462. The normalized spacial score (nSPS) is 16.5. The Hall–Kier alpha value is -1.79. The molecule has 6 nitrogen and oxygen atoms in total. The third kappa shape index (κ3) is 2.64. The Morgan fingerprint density at radius 2 is 2.11 bits per heavy atom. The topological polar surface area (TPSA) is 85.0 Å². The number of carboxylic acid groups (broad SMARTS) is 1. The highest BCUT2D eigenvalue weighted by Crippen LogP contribution is 2.26. The van der Waals surface area contributed by atoms with Crippen molar-refractivity contribution in [2.24, 2.45) is 5.73 Å². The molecule has 1 aliphatic heterocycles. The molecule has 1 aliphatic rings. The molecule has 3 N–H and O–H groups in total. The molecule has 1 heterocycles. The number of hydrogen-bond acceptors (Lipinski definition) is 4. The maximum atomic E-state index is 11.4. The summed E-state index contributed by atoms with van der Waals surface area (Å²) in [5.41, 5.74) is 6.00. The maximum Gasteiger partial charge on any atom is 0.408 e. The van der Waals surface area contributed by atoms with Crippen LogP contribution in [0.1, 0.15) is 5.56 Å². The molecule has 1 fully saturated rings. The van der Waals surface area contributed by atoms with Crippen molar-refractivity contribution in [3.8, 4) is 5.75 Å². The van der Waals surface area contributed by atoms with Crippen LogP contribution in [0.25, 0.3) is 0 Å². The molecule has 0 saturated carbocycles. The van der Waals surface area contributed by atoms with Crippen molar-refractivity contribution in [1.29, 1.82) is 0 Å². The van der Waals surface area contributed by atoms with Crippen molar-refractivity contribution in [3.05, 3.63) is 29.8 Å². The van der Waals surface area contributed by atoms with Crippen molar-refractivity contribution in [2.45, 2.75) is 12.1 Å². The molecular weight excluding hydrogens is 248 g/mol. The highest BCUT2D eigenvalue weighted by molar-refractivity contribution is 5.66. The lowest BCUT2D eigenvalue weighted by atomic mass is 9.94. The van der Waals surface area contributed by atoms with Gasteiger partial charge in [0.05, 0.1) is 20.3 Å². The SMILES string of the molecule is COc1ccc(CN(C(=O)O)C2(CN)COC2)cc1. The van der Waals surface area contributed by atoms with Crippen molar-refractivity contribution in [3.63, 3.8) is 0 Å². The zero-order chi connectivity index (χ0) is 13.9. The third-order valence-electron chi connectivity index (χ3n) is 3.42. The molecule has 0 unspecified atom stereocenters. The molecule has 0 radical (unpaired) electrons. The monoisotopic (exact) mass is 266 g/mol. The molecule has 1 aromatic rings. The summed E-state index contributed by atoms with van der Waals surface area (Å²) in [5, 5.41) is 9.36. The first kappa shape index (κ1) is 13.6. The Labute approximate surface area is 111 Å². The molecule has 0 spiro atoms. The first-order valence-corrected chi connectivity index (χ1v) is 6.02. The molecule has 0 bridgehead atoms. The quantitative estimate of drug-likeness (QED) is 0.827. The van der Waals surface area contributed by atoms with Gasteiger partial charge < -0.3 is 20.3 Å². The summed E-state index contributed by atoms with van der Waals surface area (Å²) in [4.78, 5) is 12.8. The van der Waals surface area contributed by atoms with Crippen LogP contribution >= 0.6 is 0 Å². The highest BCUT2D eigenvalue weighted by Gasteiger charge is 2.45. The van der Waals surface area contributed by atoms with Gasteiger partial charge in [-0.3, -0.25) is 4.90 Å². The first-order chi connectivity index (χ1) is 9.11. The zero-order valence-electron chi connectivity index (χ0n) is 10.8. The van der Waals surface area contributed by atoms with Gasteiger partial charge in [0.2, 0.25) is 0 Å². The summed E-state index contributed by atoms with van der Waals surface area (Å²) >= 11 is 0. The Balaban J connectivity index is 2.14. The number of hydrogen-bond donors (Lipinski definition) is 2. The molecule has 6 heteroatoms. The average molecular weight is 266 g/mol. The van der Waals surface area contributed by atoms with E-state index in [1.807, 2.05) is 24.3 Å². The number of benzene rings is 1. The van der Waals surface area contributed by atoms with Crippen LogP contribution in [-0.2, 0) is 11.3 Å². The second-order valence-corrected chi connectivity index (χ2v) is 4.64. The summed E-state index contributed by atoms with van der Waals surface area (Å²) in [6.07, 6.45) is -0.982. The molecule has 0 aliphatic carbocycles. The van der Waals surface area contributed by atoms with E-state index in [4.69, 9.17) is 15.2 Å². The molecule has 1 aromatic carbocycles. The number of nitrogens with zero attached hydrogens (tertiary/aromatic N) is 1. The van der Waals surface area contributed by atoms with Gasteiger partial charge in [0, 0.05) is 13.1 Å². The molecule has 104 valence electrons. The third-order valence-corrected chi connectivity index (χ3v) is 3.42. The number of methoxy groups -OCH3 is 1. The lowest BCUT2D eigenvalue weighted by Crippen LogP contribution is -2.67. The van der Waals surface area contributed by atoms with Crippen LogP contribution in [0.5, 0.6) is 5.75 Å². The summed E-state index contributed by atoms with van der Waals surface area (Å²) in [7, 11) is 1.59. The highest BCUT2D eigenvalue weighted by atomic mass is 16.5. The van der Waals surface area contributed by atoms with Gasteiger partial charge in [-0.1, -0.05) is 12.1 Å². The second-order valence-electron chi connectivity index (χ2n) is 4.64. The fourth-order valence-electron chi connectivity index (χ4n) is 2.07. The van der Waals surface area contributed by atoms with Crippen molar-refractivity contribution >= 4 is 6.09 Å². The fourth-order valence-corrected chi connectivity index (χ4v) is 2.07. The Morgan fingerprint density at radius 1 is 1.47 bits per heavy atom. The summed E-state index contributed by atoms with van der Waals surface area (Å²) in [6, 6.07) is 7.31. The van der Waals surface area contributed by atoms with E-state index in [9.17, 15) is 9.90 Å². The molecule has 0 aromatic heterocycles. The van der Waals surface area contributed by atoms with Gasteiger partial charge >= 0.3 is 6.09 Å². The van der Waals surface area contributed by atoms with E-state index >= 15 is 0 Å². The van der Waals surface area contributed by atoms with Crippen LogP contribution in [-0.4, -0.2) is 48.5 Å². The number of carbonyl (C=O) groups is 1. The summed E-state index contributed by atoms with van der Waals surface area (Å²) in [5.74, 6) is 0.742. The van der Waals surface area contributed by atoms with E-state index in [0.717, 1.165) is 11.3 Å².